The molecule has 0 fully saturated rings. The fourth-order valence-electron chi connectivity index (χ4n) is 2.85. The van der Waals surface area contributed by atoms with Gasteiger partial charge in [0.05, 0.1) is 11.0 Å². The zero-order valence-electron chi connectivity index (χ0n) is 13.6. The van der Waals surface area contributed by atoms with E-state index < -0.39 is 7.12 Å². The van der Waals surface area contributed by atoms with Crippen molar-refractivity contribution in [1.29, 1.82) is 5.26 Å². The van der Waals surface area contributed by atoms with Gasteiger partial charge in [0.2, 0.25) is 0 Å². The van der Waals surface area contributed by atoms with Crippen molar-refractivity contribution in [3.05, 3.63) is 59.4 Å². The number of fused-ring (bicyclic) bond motifs is 1. The molecule has 0 radical (unpaired) electrons. The van der Waals surface area contributed by atoms with E-state index in [-0.39, 0.29) is 0 Å². The fraction of sp³-hybridized carbons (Fsp3) is 0.222. The van der Waals surface area contributed by atoms with Gasteiger partial charge >= 0.3 is 7.12 Å². The number of benzene rings is 1. The van der Waals surface area contributed by atoms with E-state index in [9.17, 15) is 10.0 Å². The second-order valence-corrected chi connectivity index (χ2v) is 6.14. The van der Waals surface area contributed by atoms with Gasteiger partial charge in [0, 0.05) is 12.2 Å². The molecule has 6 heteroatoms. The number of rotatable bonds is 4. The van der Waals surface area contributed by atoms with Gasteiger partial charge in [-0.05, 0) is 35.1 Å². The molecule has 0 amide bonds. The Labute approximate surface area is 141 Å². The van der Waals surface area contributed by atoms with Crippen LogP contribution in [0.15, 0.2) is 42.5 Å². The van der Waals surface area contributed by atoms with Crippen LogP contribution in [0.5, 0.6) is 0 Å². The fourth-order valence-corrected chi connectivity index (χ4v) is 2.85. The van der Waals surface area contributed by atoms with Gasteiger partial charge in [-0.3, -0.25) is 0 Å². The van der Waals surface area contributed by atoms with Crippen molar-refractivity contribution in [3.63, 3.8) is 0 Å². The minimum absolute atomic E-state index is 0.322. The van der Waals surface area contributed by atoms with Crippen LogP contribution < -0.4 is 5.46 Å². The number of nitrogens with zero attached hydrogens (tertiary/aromatic N) is 3. The van der Waals surface area contributed by atoms with Crippen LogP contribution in [0.25, 0.3) is 11.0 Å². The van der Waals surface area contributed by atoms with Crippen molar-refractivity contribution in [3.8, 4) is 6.07 Å². The molecule has 0 aliphatic heterocycles. The maximum Gasteiger partial charge on any atom is 0.488 e. The molecule has 0 aliphatic carbocycles. The zero-order chi connectivity index (χ0) is 17.3. The predicted molar refractivity (Wildman–Crippen MR) is 93.9 cm³/mol. The first kappa shape index (κ1) is 16.3. The molecule has 0 aliphatic rings. The van der Waals surface area contributed by atoms with Crippen molar-refractivity contribution < 1.29 is 10.0 Å². The lowest BCUT2D eigenvalue weighted by molar-refractivity contribution is 0.426. The lowest BCUT2D eigenvalue weighted by Crippen LogP contribution is -2.29. The predicted octanol–water partition coefficient (Wildman–Crippen LogP) is 1.76. The minimum atomic E-state index is -1.45. The quantitative estimate of drug-likeness (QED) is 0.718. The van der Waals surface area contributed by atoms with Gasteiger partial charge in [0.1, 0.15) is 11.8 Å². The highest BCUT2D eigenvalue weighted by atomic mass is 16.4. The highest BCUT2D eigenvalue weighted by Gasteiger charge is 2.14. The van der Waals surface area contributed by atoms with Gasteiger partial charge in [-0.25, -0.2) is 4.98 Å². The van der Waals surface area contributed by atoms with Crippen LogP contribution in [0.4, 0.5) is 0 Å². The summed E-state index contributed by atoms with van der Waals surface area (Å²) in [5.74, 6) is 0.322. The van der Waals surface area contributed by atoms with Crippen molar-refractivity contribution >= 4 is 23.6 Å². The summed E-state index contributed by atoms with van der Waals surface area (Å²) in [5, 5.41) is 27.4. The second-order valence-electron chi connectivity index (χ2n) is 6.14. The van der Waals surface area contributed by atoms with Crippen LogP contribution in [-0.2, 0) is 6.54 Å². The Morgan fingerprint density at radius 3 is 2.46 bits per heavy atom. The number of nitriles is 1. The second kappa shape index (κ2) is 6.48. The minimum Gasteiger partial charge on any atom is -0.423 e. The topological polar surface area (TPSA) is 82.1 Å². The van der Waals surface area contributed by atoms with Crippen LogP contribution in [-0.4, -0.2) is 26.7 Å². The summed E-state index contributed by atoms with van der Waals surface area (Å²) in [4.78, 5) is 4.39. The third kappa shape index (κ3) is 3.05. The SMILES string of the molecule is CC(C)c1cc2nc(C#N)ccc2n1Cc1ccc(B(O)O)cc1. The van der Waals surface area contributed by atoms with Gasteiger partial charge < -0.3 is 14.6 Å². The molecule has 0 saturated carbocycles. The molecule has 1 aromatic carbocycles. The molecule has 120 valence electrons. The molecule has 2 N–H and O–H groups in total. The number of hydrogen-bond donors (Lipinski definition) is 2. The maximum atomic E-state index is 9.19. The lowest BCUT2D eigenvalue weighted by Gasteiger charge is -2.13. The molecule has 2 heterocycles. The lowest BCUT2D eigenvalue weighted by atomic mass is 9.80. The number of hydrogen-bond acceptors (Lipinski definition) is 4. The first-order valence-electron chi connectivity index (χ1n) is 7.85. The van der Waals surface area contributed by atoms with E-state index in [1.807, 2.05) is 24.3 Å². The summed E-state index contributed by atoms with van der Waals surface area (Å²) in [6.45, 7) is 4.91. The van der Waals surface area contributed by atoms with E-state index in [4.69, 9.17) is 5.26 Å². The van der Waals surface area contributed by atoms with E-state index in [1.54, 1.807) is 18.2 Å². The molecule has 5 nitrogen and oxygen atoms in total. The Bertz CT molecular complexity index is 908. The van der Waals surface area contributed by atoms with E-state index >= 15 is 0 Å². The van der Waals surface area contributed by atoms with Gasteiger partial charge in [0.15, 0.2) is 0 Å². The Hall–Kier alpha value is -2.62. The Balaban J connectivity index is 2.04. The maximum absolute atomic E-state index is 9.19. The van der Waals surface area contributed by atoms with Crippen LogP contribution in [0.3, 0.4) is 0 Å². The monoisotopic (exact) mass is 319 g/mol. The zero-order valence-corrected chi connectivity index (χ0v) is 13.6. The summed E-state index contributed by atoms with van der Waals surface area (Å²) in [6, 6.07) is 15.0. The van der Waals surface area contributed by atoms with Gasteiger partial charge in [-0.1, -0.05) is 38.1 Å². The standard InChI is InChI=1S/C18H18BN3O2/c1-12(2)18-9-16-17(8-7-15(10-20)21-16)22(18)11-13-3-5-14(6-4-13)19(23)24/h3-9,12,23-24H,11H2,1-2H3. The average Bonchev–Trinajstić information content (AvgIpc) is 2.93. The largest absolute Gasteiger partial charge is 0.488 e. The molecule has 2 aromatic heterocycles. The highest BCUT2D eigenvalue weighted by molar-refractivity contribution is 6.58. The molecule has 0 spiro atoms. The first-order valence-corrected chi connectivity index (χ1v) is 7.85. The Morgan fingerprint density at radius 1 is 1.17 bits per heavy atom. The van der Waals surface area contributed by atoms with E-state index in [0.717, 1.165) is 22.3 Å². The van der Waals surface area contributed by atoms with E-state index in [0.29, 0.717) is 23.6 Å². The van der Waals surface area contributed by atoms with Crippen LogP contribution in [0, 0.1) is 11.3 Å². The number of pyridine rings is 1. The van der Waals surface area contributed by atoms with Crippen LogP contribution in [0.2, 0.25) is 0 Å². The van der Waals surface area contributed by atoms with Crippen molar-refractivity contribution in [2.24, 2.45) is 0 Å². The summed E-state index contributed by atoms with van der Waals surface area (Å²) in [5.41, 5.74) is 4.91. The third-order valence-electron chi connectivity index (χ3n) is 4.11. The van der Waals surface area contributed by atoms with E-state index in [1.165, 1.54) is 0 Å². The molecule has 24 heavy (non-hydrogen) atoms. The molecule has 0 bridgehead atoms. The normalized spacial score (nSPS) is 11.0. The molecular weight excluding hydrogens is 301 g/mol. The summed E-state index contributed by atoms with van der Waals surface area (Å²) < 4.78 is 2.19. The first-order chi connectivity index (χ1) is 11.5. The van der Waals surface area contributed by atoms with Gasteiger partial charge in [-0.2, -0.15) is 5.26 Å². The summed E-state index contributed by atoms with van der Waals surface area (Å²) >= 11 is 0. The molecule has 3 aromatic rings. The summed E-state index contributed by atoms with van der Waals surface area (Å²) in [7, 11) is -1.45. The third-order valence-corrected chi connectivity index (χ3v) is 4.11. The van der Waals surface area contributed by atoms with Gasteiger partial charge in [0.25, 0.3) is 0 Å². The van der Waals surface area contributed by atoms with E-state index in [2.05, 4.69) is 29.5 Å². The highest BCUT2D eigenvalue weighted by Crippen LogP contribution is 2.25. The molecule has 3 rings (SSSR count). The molecular formula is C18H18BN3O2. The van der Waals surface area contributed by atoms with Crippen LogP contribution >= 0.6 is 0 Å². The van der Waals surface area contributed by atoms with Crippen molar-refractivity contribution in [2.75, 3.05) is 0 Å². The Kier molecular flexibility index (Phi) is 4.39. The van der Waals surface area contributed by atoms with Crippen molar-refractivity contribution in [2.45, 2.75) is 26.3 Å². The smallest absolute Gasteiger partial charge is 0.423 e. The van der Waals surface area contributed by atoms with Crippen LogP contribution in [0.1, 0.15) is 36.7 Å². The number of aromatic nitrogens is 2. The molecule has 0 unspecified atom stereocenters. The van der Waals surface area contributed by atoms with Gasteiger partial charge in [-0.15, -0.1) is 0 Å². The molecule has 0 atom stereocenters. The summed E-state index contributed by atoms with van der Waals surface area (Å²) in [6.07, 6.45) is 0. The average molecular weight is 319 g/mol. The van der Waals surface area contributed by atoms with Crippen molar-refractivity contribution in [1.82, 2.24) is 9.55 Å². The Morgan fingerprint density at radius 2 is 1.88 bits per heavy atom. The molecule has 0 saturated heterocycles.